The summed E-state index contributed by atoms with van der Waals surface area (Å²) < 4.78 is 0. The summed E-state index contributed by atoms with van der Waals surface area (Å²) in [6.07, 6.45) is 4.11. The predicted molar refractivity (Wildman–Crippen MR) is 39.9 cm³/mol. The van der Waals surface area contributed by atoms with Crippen molar-refractivity contribution in [2.45, 2.75) is 26.2 Å². The molecule has 0 N–H and O–H groups in total. The molecule has 9 heavy (non-hydrogen) atoms. The largest absolute Gasteiger partial charge is 0.302 e. The molecule has 0 saturated heterocycles. The Kier molecular flexibility index (Phi) is 2.52. The van der Waals surface area contributed by atoms with Gasteiger partial charge in [-0.25, -0.2) is 0 Å². The molecule has 1 nitrogen and oxygen atoms in total. The summed E-state index contributed by atoms with van der Waals surface area (Å²) in [6.45, 7) is 5.80. The van der Waals surface area contributed by atoms with Crippen LogP contribution in [0.4, 0.5) is 0 Å². The van der Waals surface area contributed by atoms with Crippen molar-refractivity contribution in [3.05, 3.63) is 6.54 Å². The molecule has 1 saturated carbocycles. The minimum atomic E-state index is 0.932. The molecular formula is C8H16N. The van der Waals surface area contributed by atoms with Crippen LogP contribution < -0.4 is 0 Å². The lowest BCUT2D eigenvalue weighted by atomic mass is 10.3. The maximum Gasteiger partial charge on any atom is 0.0279 e. The third-order valence-electron chi connectivity index (χ3n) is 1.66. The minimum Gasteiger partial charge on any atom is -0.302 e. The molecule has 0 heterocycles. The van der Waals surface area contributed by atoms with Gasteiger partial charge >= 0.3 is 0 Å². The second kappa shape index (κ2) is 3.21. The first kappa shape index (κ1) is 7.07. The van der Waals surface area contributed by atoms with Gasteiger partial charge in [0, 0.05) is 6.54 Å². The monoisotopic (exact) mass is 126 g/mol. The molecule has 0 atom stereocenters. The fourth-order valence-corrected chi connectivity index (χ4v) is 1.03. The molecule has 53 valence electrons. The molecule has 1 heteroatoms. The lowest BCUT2D eigenvalue weighted by Crippen LogP contribution is -2.16. The average Bonchev–Trinajstić information content (AvgIpc) is 2.50. The number of hydrogen-bond acceptors (Lipinski definition) is 1. The van der Waals surface area contributed by atoms with E-state index in [4.69, 9.17) is 0 Å². The fraction of sp³-hybridized carbons (Fsp3) is 0.875. The average molecular weight is 126 g/mol. The highest BCUT2D eigenvalue weighted by Crippen LogP contribution is 2.32. The molecule has 1 aliphatic carbocycles. The van der Waals surface area contributed by atoms with Gasteiger partial charge in [-0.15, -0.1) is 0 Å². The number of rotatable bonds is 4. The van der Waals surface area contributed by atoms with Gasteiger partial charge in [0.1, 0.15) is 0 Å². The molecule has 1 fully saturated rings. The molecule has 1 aliphatic rings. The van der Waals surface area contributed by atoms with Crippen LogP contribution in [0, 0.1) is 12.5 Å². The third kappa shape index (κ3) is 2.85. The summed E-state index contributed by atoms with van der Waals surface area (Å²) >= 11 is 0. The number of hydrogen-bond donors (Lipinski definition) is 0. The Morgan fingerprint density at radius 3 is 2.67 bits per heavy atom. The molecule has 0 bridgehead atoms. The molecule has 0 aromatic carbocycles. The zero-order valence-electron chi connectivity index (χ0n) is 6.43. The first-order chi connectivity index (χ1) is 4.33. The highest BCUT2D eigenvalue weighted by Gasteiger charge is 2.22. The van der Waals surface area contributed by atoms with Crippen LogP contribution in [0.5, 0.6) is 0 Å². The smallest absolute Gasteiger partial charge is 0.0279 e. The van der Waals surface area contributed by atoms with Crippen LogP contribution in [0.25, 0.3) is 0 Å². The summed E-state index contributed by atoms with van der Waals surface area (Å²) in [5, 5.41) is 0. The van der Waals surface area contributed by atoms with Crippen molar-refractivity contribution in [2.24, 2.45) is 5.92 Å². The summed E-state index contributed by atoms with van der Waals surface area (Å²) in [7, 11) is 2.17. The van der Waals surface area contributed by atoms with Gasteiger partial charge in [-0.2, -0.15) is 0 Å². The second-order valence-corrected chi connectivity index (χ2v) is 2.97. The predicted octanol–water partition coefficient (Wildman–Crippen LogP) is 1.90. The molecule has 1 rings (SSSR count). The summed E-state index contributed by atoms with van der Waals surface area (Å²) in [6, 6.07) is 0. The van der Waals surface area contributed by atoms with Crippen LogP contribution in [0.3, 0.4) is 0 Å². The van der Waals surface area contributed by atoms with E-state index >= 15 is 0 Å². The van der Waals surface area contributed by atoms with Crippen LogP contribution in [-0.2, 0) is 0 Å². The van der Waals surface area contributed by atoms with Crippen LogP contribution in [0.15, 0.2) is 0 Å². The molecule has 0 unspecified atom stereocenters. The Morgan fingerprint density at radius 2 is 2.22 bits per heavy atom. The van der Waals surface area contributed by atoms with Crippen molar-refractivity contribution in [2.75, 3.05) is 13.6 Å². The maximum absolute atomic E-state index is 2.36. The van der Waals surface area contributed by atoms with Gasteiger partial charge in [0.15, 0.2) is 0 Å². The Labute approximate surface area is 58.0 Å². The van der Waals surface area contributed by atoms with Gasteiger partial charge in [-0.3, -0.25) is 0 Å². The zero-order chi connectivity index (χ0) is 6.69. The van der Waals surface area contributed by atoms with Crippen LogP contribution in [0.1, 0.15) is 26.2 Å². The molecule has 1 radical (unpaired) electrons. The molecule has 0 amide bonds. The normalized spacial score (nSPS) is 19.0. The van der Waals surface area contributed by atoms with E-state index in [1.165, 1.54) is 25.8 Å². The first-order valence-electron chi connectivity index (χ1n) is 3.88. The highest BCUT2D eigenvalue weighted by atomic mass is 15.1. The van der Waals surface area contributed by atoms with Crippen LogP contribution >= 0.6 is 0 Å². The molecule has 0 aromatic rings. The van der Waals surface area contributed by atoms with E-state index in [2.05, 4.69) is 25.4 Å². The second-order valence-electron chi connectivity index (χ2n) is 2.97. The van der Waals surface area contributed by atoms with Gasteiger partial charge in [-0.05, 0) is 38.8 Å². The summed E-state index contributed by atoms with van der Waals surface area (Å²) in [4.78, 5) is 2.32. The SMILES string of the molecule is CCCN(C)[CH]C1CC1. The van der Waals surface area contributed by atoms with E-state index < -0.39 is 0 Å². The minimum absolute atomic E-state index is 0.932. The molecule has 0 aromatic heterocycles. The summed E-state index contributed by atoms with van der Waals surface area (Å²) in [5.41, 5.74) is 0. The van der Waals surface area contributed by atoms with Crippen LogP contribution in [-0.4, -0.2) is 18.5 Å². The van der Waals surface area contributed by atoms with E-state index in [0.717, 1.165) is 5.92 Å². The lowest BCUT2D eigenvalue weighted by Gasteiger charge is -2.12. The van der Waals surface area contributed by atoms with Crippen molar-refractivity contribution in [3.8, 4) is 0 Å². The quantitative estimate of drug-likeness (QED) is 0.556. The standard InChI is InChI=1S/C8H16N/c1-3-6-9(2)7-8-4-5-8/h7-8H,3-6H2,1-2H3. The van der Waals surface area contributed by atoms with E-state index in [-0.39, 0.29) is 0 Å². The third-order valence-corrected chi connectivity index (χ3v) is 1.66. The van der Waals surface area contributed by atoms with Gasteiger partial charge in [0.05, 0.1) is 0 Å². The first-order valence-corrected chi connectivity index (χ1v) is 3.88. The Morgan fingerprint density at radius 1 is 1.56 bits per heavy atom. The van der Waals surface area contributed by atoms with E-state index in [1.807, 2.05) is 0 Å². The van der Waals surface area contributed by atoms with Gasteiger partial charge in [0.25, 0.3) is 0 Å². The van der Waals surface area contributed by atoms with E-state index in [9.17, 15) is 0 Å². The van der Waals surface area contributed by atoms with Crippen molar-refractivity contribution < 1.29 is 0 Å². The molecule has 0 aliphatic heterocycles. The van der Waals surface area contributed by atoms with Crippen LogP contribution in [0.2, 0.25) is 0 Å². The van der Waals surface area contributed by atoms with Gasteiger partial charge in [-0.1, -0.05) is 6.92 Å². The number of nitrogens with zero attached hydrogens (tertiary/aromatic N) is 1. The lowest BCUT2D eigenvalue weighted by molar-refractivity contribution is 0.385. The summed E-state index contributed by atoms with van der Waals surface area (Å²) in [5.74, 6) is 0.932. The Bertz CT molecular complexity index is 76.6. The topological polar surface area (TPSA) is 3.24 Å². The van der Waals surface area contributed by atoms with E-state index in [0.29, 0.717) is 0 Å². The van der Waals surface area contributed by atoms with Crippen molar-refractivity contribution in [1.82, 2.24) is 4.90 Å². The zero-order valence-corrected chi connectivity index (χ0v) is 6.43. The van der Waals surface area contributed by atoms with Crippen molar-refractivity contribution in [1.29, 1.82) is 0 Å². The van der Waals surface area contributed by atoms with Gasteiger partial charge in [0.2, 0.25) is 0 Å². The molecule has 0 spiro atoms. The van der Waals surface area contributed by atoms with Crippen molar-refractivity contribution in [3.63, 3.8) is 0 Å². The highest BCUT2D eigenvalue weighted by molar-refractivity contribution is 4.85. The van der Waals surface area contributed by atoms with E-state index in [1.54, 1.807) is 0 Å². The molecular weight excluding hydrogens is 110 g/mol. The fourth-order valence-electron chi connectivity index (χ4n) is 1.03. The Balaban J connectivity index is 1.95. The maximum atomic E-state index is 2.36. The van der Waals surface area contributed by atoms with Crippen molar-refractivity contribution >= 4 is 0 Å². The van der Waals surface area contributed by atoms with Gasteiger partial charge < -0.3 is 4.90 Å². The Hall–Kier alpha value is -0.0400.